The monoisotopic (exact) mass is 633 g/mol. The first-order valence-corrected chi connectivity index (χ1v) is 24.9. The fourth-order valence-corrected chi connectivity index (χ4v) is 15.4. The number of carbonyl (C=O) groups is 1. The first-order valence-electron chi connectivity index (χ1n) is 15.6. The van der Waals surface area contributed by atoms with Crippen LogP contribution in [0.1, 0.15) is 67.2 Å². The number of alkyl carbamates (subject to hydrolysis) is 1. The van der Waals surface area contributed by atoms with E-state index in [2.05, 4.69) is 85.8 Å². The Bertz CT molecular complexity index is 822. The fraction of sp³-hybridized carbons (Fsp3) is 0.900. The average molecular weight is 634 g/mol. The third-order valence-electron chi connectivity index (χ3n) is 8.84. The number of hydrogen-bond donors (Lipinski definition) is 1. The molecule has 41 heavy (non-hydrogen) atoms. The van der Waals surface area contributed by atoms with Crippen LogP contribution in [0.4, 0.5) is 4.79 Å². The van der Waals surface area contributed by atoms with Crippen LogP contribution in [0, 0.1) is 0 Å². The number of carbonyl (C=O) groups excluding carboxylic acids is 1. The van der Waals surface area contributed by atoms with Crippen molar-refractivity contribution in [1.29, 1.82) is 0 Å². The van der Waals surface area contributed by atoms with Gasteiger partial charge >= 0.3 is 6.09 Å². The minimum atomic E-state index is -2.20. The van der Waals surface area contributed by atoms with Gasteiger partial charge in [0.2, 0.25) is 8.32 Å². The number of epoxide rings is 1. The summed E-state index contributed by atoms with van der Waals surface area (Å²) in [6.45, 7) is 33.3. The van der Waals surface area contributed by atoms with Crippen molar-refractivity contribution < 1.29 is 32.6 Å². The van der Waals surface area contributed by atoms with E-state index in [9.17, 15) is 4.79 Å². The van der Waals surface area contributed by atoms with E-state index in [1.807, 2.05) is 6.92 Å². The van der Waals surface area contributed by atoms with Gasteiger partial charge in [0.1, 0.15) is 12.7 Å². The minimum Gasteiger partial charge on any atom is -0.447 e. The summed E-state index contributed by atoms with van der Waals surface area (Å²) in [5, 5.41) is 2.32. The third kappa shape index (κ3) is 12.9. The molecular weight excluding hydrogens is 571 g/mol. The molecule has 0 spiro atoms. The number of unbranched alkanes of at least 4 members (excludes halogenated alkanes) is 1. The topological polar surface area (TPSA) is 87.8 Å². The lowest BCUT2D eigenvalue weighted by Gasteiger charge is -2.52. The molecular formula is C30H63NO7Si3. The van der Waals surface area contributed by atoms with Crippen LogP contribution in [0.2, 0.25) is 51.4 Å². The quantitative estimate of drug-likeness (QED) is 0.0575. The van der Waals surface area contributed by atoms with Gasteiger partial charge in [0.25, 0.3) is 0 Å². The van der Waals surface area contributed by atoms with Gasteiger partial charge in [0, 0.05) is 18.4 Å². The average Bonchev–Trinajstić information content (AvgIpc) is 3.63. The Balaban J connectivity index is 2.35. The van der Waals surface area contributed by atoms with Crippen molar-refractivity contribution in [2.45, 2.75) is 141 Å². The SMILES string of the molecule is C=C(C)C1OC1OCCNC(=O)OCCOCCC[Si](C)(C)OC(C)(C)[Si](C)(C)OC(C)(CC)[Si](C)(C)CCCC. The van der Waals surface area contributed by atoms with Crippen LogP contribution in [0.15, 0.2) is 12.2 Å². The number of ether oxygens (including phenoxy) is 4. The predicted octanol–water partition coefficient (Wildman–Crippen LogP) is 7.41. The maximum atomic E-state index is 11.8. The third-order valence-corrected chi connectivity index (χ3v) is 20.8. The van der Waals surface area contributed by atoms with Crippen molar-refractivity contribution in [3.05, 3.63) is 12.2 Å². The lowest BCUT2D eigenvalue weighted by molar-refractivity contribution is 0.0481. The standard InChI is InChI=1S/C30H63NO7Si3/c1-14-16-23-39(8,9)30(7,15-2)38-41(12,13)29(5,6)37-40(10,11)24-17-19-33-21-22-35-28(32)31-18-20-34-27-26(36-27)25(3)4/h26-27H,3,14-24H2,1-2,4-13H3,(H,31,32). The van der Waals surface area contributed by atoms with Crippen molar-refractivity contribution in [2.24, 2.45) is 0 Å². The fourth-order valence-electron chi connectivity index (χ4n) is 4.97. The Hall–Kier alpha value is -0.539. The minimum absolute atomic E-state index is 0.0237. The lowest BCUT2D eigenvalue weighted by atomic mass is 10.2. The normalized spacial score (nSPS) is 19.5. The maximum Gasteiger partial charge on any atom is 0.407 e. The molecule has 0 saturated carbocycles. The molecule has 1 aliphatic heterocycles. The molecule has 242 valence electrons. The van der Waals surface area contributed by atoms with Gasteiger partial charge in [-0.25, -0.2) is 4.79 Å². The molecule has 0 bridgehead atoms. The van der Waals surface area contributed by atoms with Crippen molar-refractivity contribution in [1.82, 2.24) is 5.32 Å². The van der Waals surface area contributed by atoms with Crippen LogP contribution in [0.3, 0.4) is 0 Å². The highest BCUT2D eigenvalue weighted by Gasteiger charge is 2.52. The molecule has 3 unspecified atom stereocenters. The highest BCUT2D eigenvalue weighted by atomic mass is 28.4. The van der Waals surface area contributed by atoms with Crippen molar-refractivity contribution in [2.75, 3.05) is 33.0 Å². The summed E-state index contributed by atoms with van der Waals surface area (Å²) in [6, 6.07) is 2.30. The lowest BCUT2D eigenvalue weighted by Crippen LogP contribution is -2.66. The van der Waals surface area contributed by atoms with Crippen molar-refractivity contribution in [3.63, 3.8) is 0 Å². The highest BCUT2D eigenvalue weighted by molar-refractivity contribution is 6.82. The molecule has 1 rings (SSSR count). The first-order chi connectivity index (χ1) is 18.8. The van der Waals surface area contributed by atoms with Gasteiger partial charge in [-0.2, -0.15) is 0 Å². The molecule has 1 heterocycles. The predicted molar refractivity (Wildman–Crippen MR) is 176 cm³/mol. The molecule has 1 saturated heterocycles. The van der Waals surface area contributed by atoms with Crippen LogP contribution >= 0.6 is 0 Å². The second-order valence-electron chi connectivity index (χ2n) is 14.0. The zero-order valence-corrected chi connectivity index (χ0v) is 31.5. The molecule has 0 aromatic heterocycles. The largest absolute Gasteiger partial charge is 0.447 e. The van der Waals surface area contributed by atoms with E-state index in [1.165, 1.54) is 18.9 Å². The van der Waals surface area contributed by atoms with Crippen LogP contribution in [-0.2, 0) is 27.8 Å². The van der Waals surface area contributed by atoms with E-state index in [4.69, 9.17) is 27.8 Å². The molecule has 1 N–H and O–H groups in total. The van der Waals surface area contributed by atoms with Gasteiger partial charge in [-0.1, -0.05) is 52.4 Å². The zero-order chi connectivity index (χ0) is 31.5. The van der Waals surface area contributed by atoms with E-state index in [0.29, 0.717) is 26.4 Å². The Kier molecular flexibility index (Phi) is 15.5. The smallest absolute Gasteiger partial charge is 0.407 e. The molecule has 0 aromatic carbocycles. The van der Waals surface area contributed by atoms with Gasteiger partial charge < -0.3 is 33.1 Å². The molecule has 11 heteroatoms. The van der Waals surface area contributed by atoms with E-state index in [-0.39, 0.29) is 29.4 Å². The molecule has 8 nitrogen and oxygen atoms in total. The van der Waals surface area contributed by atoms with E-state index >= 15 is 0 Å². The molecule has 0 radical (unpaired) electrons. The highest BCUT2D eigenvalue weighted by Crippen LogP contribution is 2.40. The summed E-state index contributed by atoms with van der Waals surface area (Å²) in [5.41, 5.74) is 0.943. The summed E-state index contributed by atoms with van der Waals surface area (Å²) in [6.07, 6.45) is 3.75. The van der Waals surface area contributed by atoms with Gasteiger partial charge in [0.15, 0.2) is 14.6 Å². The first kappa shape index (κ1) is 38.5. The van der Waals surface area contributed by atoms with E-state index in [0.717, 1.165) is 24.5 Å². The Morgan fingerprint density at radius 2 is 1.59 bits per heavy atom. The van der Waals surface area contributed by atoms with E-state index in [1.54, 1.807) is 0 Å². The van der Waals surface area contributed by atoms with Crippen LogP contribution in [-0.4, -0.2) is 86.6 Å². The summed E-state index contributed by atoms with van der Waals surface area (Å²) in [4.78, 5) is 11.8. The molecule has 1 fully saturated rings. The van der Waals surface area contributed by atoms with Gasteiger partial charge in [0.05, 0.1) is 26.5 Å². The van der Waals surface area contributed by atoms with Crippen LogP contribution < -0.4 is 5.32 Å². The summed E-state index contributed by atoms with van der Waals surface area (Å²) < 4.78 is 35.9. The van der Waals surface area contributed by atoms with Gasteiger partial charge in [-0.15, -0.1) is 0 Å². The summed E-state index contributed by atoms with van der Waals surface area (Å²) in [7, 11) is -5.74. The zero-order valence-electron chi connectivity index (χ0n) is 28.5. The number of rotatable bonds is 22. The molecule has 0 aromatic rings. The van der Waals surface area contributed by atoms with Gasteiger partial charge in [-0.3, -0.25) is 0 Å². The van der Waals surface area contributed by atoms with Crippen LogP contribution in [0.5, 0.6) is 0 Å². The molecule has 0 aliphatic carbocycles. The van der Waals surface area contributed by atoms with E-state index < -0.39 is 30.8 Å². The second-order valence-corrected chi connectivity index (χ2v) is 28.0. The Morgan fingerprint density at radius 1 is 0.927 bits per heavy atom. The maximum absolute atomic E-state index is 11.8. The number of amides is 1. The number of hydrogen-bond acceptors (Lipinski definition) is 7. The Labute approximate surface area is 254 Å². The number of nitrogens with one attached hydrogen (secondary N) is 1. The Morgan fingerprint density at radius 3 is 2.15 bits per heavy atom. The molecule has 3 atom stereocenters. The molecule has 1 amide bonds. The van der Waals surface area contributed by atoms with Gasteiger partial charge in [-0.05, 0) is 78.3 Å². The molecule has 1 aliphatic rings. The summed E-state index contributed by atoms with van der Waals surface area (Å²) in [5.74, 6) is 0. The second kappa shape index (κ2) is 16.5. The van der Waals surface area contributed by atoms with Crippen LogP contribution in [0.25, 0.3) is 0 Å². The van der Waals surface area contributed by atoms with Crippen molar-refractivity contribution in [3.8, 4) is 0 Å². The summed E-state index contributed by atoms with van der Waals surface area (Å²) >= 11 is 0. The van der Waals surface area contributed by atoms with Crippen molar-refractivity contribution >= 4 is 30.8 Å².